The minimum absolute atomic E-state index is 0.00767. The predicted molar refractivity (Wildman–Crippen MR) is 125 cm³/mol. The molecule has 0 unspecified atom stereocenters. The zero-order valence-corrected chi connectivity index (χ0v) is 20.2. The Balaban J connectivity index is 2.05. The van der Waals surface area contributed by atoms with Crippen LogP contribution in [0.3, 0.4) is 0 Å². The van der Waals surface area contributed by atoms with E-state index >= 15 is 4.39 Å². The molecule has 1 heterocycles. The van der Waals surface area contributed by atoms with Gasteiger partial charge in [0.1, 0.15) is 5.82 Å². The first-order chi connectivity index (χ1) is 15.6. The number of rotatable bonds is 6. The molecule has 2 N–H and O–H groups in total. The maximum atomic E-state index is 15.2. The molecule has 180 valence electrons. The summed E-state index contributed by atoms with van der Waals surface area (Å²) in [6, 6.07) is 3.60. The summed E-state index contributed by atoms with van der Waals surface area (Å²) in [4.78, 5) is 4.82. The van der Waals surface area contributed by atoms with Crippen LogP contribution < -0.4 is 4.72 Å². The summed E-state index contributed by atoms with van der Waals surface area (Å²) >= 11 is 0. The van der Waals surface area contributed by atoms with Gasteiger partial charge in [-0.1, -0.05) is 26.2 Å². The Morgan fingerprint density at radius 2 is 1.76 bits per heavy atom. The molecule has 0 amide bonds. The predicted octanol–water partition coefficient (Wildman–Crippen LogP) is 4.82. The van der Waals surface area contributed by atoms with E-state index in [1.807, 2.05) is 0 Å². The van der Waals surface area contributed by atoms with Gasteiger partial charge in [-0.05, 0) is 62.3 Å². The minimum atomic E-state index is -4.68. The maximum Gasteiger partial charge on any atom is 0.357 e. The van der Waals surface area contributed by atoms with E-state index in [4.69, 9.17) is 4.98 Å². The van der Waals surface area contributed by atoms with Crippen LogP contribution in [0.15, 0.2) is 23.1 Å². The van der Waals surface area contributed by atoms with E-state index < -0.39 is 26.0 Å². The van der Waals surface area contributed by atoms with Gasteiger partial charge in [0, 0.05) is 22.7 Å². The zero-order valence-electron chi connectivity index (χ0n) is 18.6. The highest BCUT2D eigenvalue weighted by atomic mass is 32.2. The fourth-order valence-corrected chi connectivity index (χ4v) is 6.39. The lowest BCUT2D eigenvalue weighted by Gasteiger charge is -2.29. The molecule has 0 aliphatic heterocycles. The Hall–Kier alpha value is -2.04. The highest BCUT2D eigenvalue weighted by Crippen LogP contribution is 2.45. The minimum Gasteiger partial charge on any atom is -0.269 e. The molecular weight excluding hydrogens is 467 g/mol. The number of aryl methyl sites for hydroxylation is 1. The first-order valence-electron chi connectivity index (χ1n) is 11.4. The van der Waals surface area contributed by atoms with Crippen LogP contribution in [0.1, 0.15) is 74.7 Å². The number of hydrogen-bond donors (Lipinski definition) is 2. The van der Waals surface area contributed by atoms with Crippen molar-refractivity contribution < 1.29 is 25.8 Å². The first kappa shape index (κ1) is 24.1. The van der Waals surface area contributed by atoms with Gasteiger partial charge < -0.3 is 0 Å². The van der Waals surface area contributed by atoms with E-state index in [9.17, 15) is 21.4 Å². The van der Waals surface area contributed by atoms with Gasteiger partial charge >= 0.3 is 10.3 Å². The summed E-state index contributed by atoms with van der Waals surface area (Å²) in [5.74, 6) is -0.827. The van der Waals surface area contributed by atoms with Crippen molar-refractivity contribution in [2.24, 2.45) is 0 Å². The topological polar surface area (TPSA) is 113 Å². The third kappa shape index (κ3) is 5.07. The summed E-state index contributed by atoms with van der Waals surface area (Å²) in [5.41, 5.74) is 2.37. The molecule has 2 aromatic rings. The van der Waals surface area contributed by atoms with Crippen LogP contribution >= 0.6 is 0 Å². The van der Waals surface area contributed by atoms with Gasteiger partial charge in [0.2, 0.25) is 0 Å². The van der Waals surface area contributed by atoms with Crippen LogP contribution in [0.25, 0.3) is 11.1 Å². The molecule has 0 bridgehead atoms. The van der Waals surface area contributed by atoms with E-state index in [2.05, 4.69) is 4.72 Å². The number of fused-ring (bicyclic) bond motifs is 1. The molecule has 0 spiro atoms. The summed E-state index contributed by atoms with van der Waals surface area (Å²) in [5, 5.41) is 0. The van der Waals surface area contributed by atoms with Crippen molar-refractivity contribution in [3.05, 3.63) is 41.0 Å². The molecule has 7 nitrogen and oxygen atoms in total. The maximum absolute atomic E-state index is 15.2. The molecule has 0 atom stereocenters. The molecule has 4 rings (SSSR count). The molecule has 33 heavy (non-hydrogen) atoms. The standard InChI is InChI=1S/C23H29FN2O5S2/c1-2-32(27,28)16-12-13-19(24)18(14-16)21-17-10-6-7-11-20(17)25-22(15-8-4-3-5-9-15)23(21)26-33(29,30)31/h12-15,26H,2-11H2,1H3,(H,29,30,31). The second kappa shape index (κ2) is 9.31. The second-order valence-electron chi connectivity index (χ2n) is 8.84. The number of halogens is 1. The van der Waals surface area contributed by atoms with Gasteiger partial charge in [0.25, 0.3) is 0 Å². The molecule has 1 saturated carbocycles. The molecule has 0 saturated heterocycles. The molecule has 1 fully saturated rings. The number of sulfone groups is 1. The van der Waals surface area contributed by atoms with Crippen molar-refractivity contribution in [1.29, 1.82) is 0 Å². The van der Waals surface area contributed by atoms with Crippen LogP contribution in [0.2, 0.25) is 0 Å². The van der Waals surface area contributed by atoms with Crippen LogP contribution in [0.5, 0.6) is 0 Å². The van der Waals surface area contributed by atoms with E-state index in [-0.39, 0.29) is 27.8 Å². The molecule has 2 aliphatic carbocycles. The second-order valence-corrected chi connectivity index (χ2v) is 12.3. The first-order valence-corrected chi connectivity index (χ1v) is 14.5. The highest BCUT2D eigenvalue weighted by molar-refractivity contribution is 7.91. The average molecular weight is 497 g/mol. The Bertz CT molecular complexity index is 1270. The Morgan fingerprint density at radius 3 is 2.42 bits per heavy atom. The van der Waals surface area contributed by atoms with Crippen molar-refractivity contribution in [2.45, 2.75) is 75.5 Å². The van der Waals surface area contributed by atoms with Gasteiger partial charge in [0.15, 0.2) is 9.84 Å². The van der Waals surface area contributed by atoms with Crippen molar-refractivity contribution in [3.63, 3.8) is 0 Å². The average Bonchev–Trinajstić information content (AvgIpc) is 2.79. The number of nitrogens with zero attached hydrogens (tertiary/aromatic N) is 1. The number of benzene rings is 1. The number of nitrogens with one attached hydrogen (secondary N) is 1. The van der Waals surface area contributed by atoms with Crippen LogP contribution in [0.4, 0.5) is 10.1 Å². The SMILES string of the molecule is CCS(=O)(=O)c1ccc(F)c(-c2c3c(nc(C4CCCCC4)c2NS(=O)(=O)O)CCCC3)c1. The number of hydrogen-bond acceptors (Lipinski definition) is 5. The molecular formula is C23H29FN2O5S2. The summed E-state index contributed by atoms with van der Waals surface area (Å²) in [7, 11) is -8.30. The number of anilines is 1. The van der Waals surface area contributed by atoms with Gasteiger partial charge in [-0.2, -0.15) is 8.42 Å². The normalized spacial score (nSPS) is 17.5. The largest absolute Gasteiger partial charge is 0.357 e. The molecule has 0 radical (unpaired) electrons. The molecule has 10 heteroatoms. The zero-order chi connectivity index (χ0) is 23.8. The van der Waals surface area contributed by atoms with Crippen LogP contribution in [-0.2, 0) is 33.0 Å². The quantitative estimate of drug-likeness (QED) is 0.438. The summed E-state index contributed by atoms with van der Waals surface area (Å²) in [6.45, 7) is 1.51. The molecule has 2 aliphatic rings. The van der Waals surface area contributed by atoms with Crippen molar-refractivity contribution in [3.8, 4) is 11.1 Å². The van der Waals surface area contributed by atoms with Gasteiger partial charge in [-0.25, -0.2) is 12.8 Å². The summed E-state index contributed by atoms with van der Waals surface area (Å²) in [6.07, 6.45) is 7.66. The highest BCUT2D eigenvalue weighted by Gasteiger charge is 2.31. The Morgan fingerprint density at radius 1 is 1.06 bits per heavy atom. The fourth-order valence-electron chi connectivity index (χ4n) is 5.02. The summed E-state index contributed by atoms with van der Waals surface area (Å²) < 4.78 is 76.2. The third-order valence-corrected chi connectivity index (χ3v) is 8.87. The number of pyridine rings is 1. The Labute approximate surface area is 194 Å². The van der Waals surface area contributed by atoms with Gasteiger partial charge in [-0.3, -0.25) is 14.3 Å². The van der Waals surface area contributed by atoms with Gasteiger partial charge in [0.05, 0.1) is 22.0 Å². The smallest absolute Gasteiger partial charge is 0.269 e. The van der Waals surface area contributed by atoms with E-state index in [0.717, 1.165) is 56.7 Å². The van der Waals surface area contributed by atoms with E-state index in [0.29, 0.717) is 29.7 Å². The number of aromatic nitrogens is 1. The van der Waals surface area contributed by atoms with E-state index in [1.54, 1.807) is 0 Å². The fraction of sp³-hybridized carbons (Fsp3) is 0.522. The molecule has 1 aromatic carbocycles. The monoisotopic (exact) mass is 496 g/mol. The lowest BCUT2D eigenvalue weighted by Crippen LogP contribution is -2.20. The Kier molecular flexibility index (Phi) is 6.80. The van der Waals surface area contributed by atoms with Crippen LogP contribution in [-0.4, -0.2) is 32.1 Å². The lowest BCUT2D eigenvalue weighted by atomic mass is 9.82. The lowest BCUT2D eigenvalue weighted by molar-refractivity contribution is 0.436. The van der Waals surface area contributed by atoms with Crippen molar-refractivity contribution in [1.82, 2.24) is 4.98 Å². The van der Waals surface area contributed by atoms with Crippen molar-refractivity contribution in [2.75, 3.05) is 10.5 Å². The molecule has 1 aromatic heterocycles. The third-order valence-electron chi connectivity index (χ3n) is 6.67. The van der Waals surface area contributed by atoms with Gasteiger partial charge in [-0.15, -0.1) is 0 Å². The van der Waals surface area contributed by atoms with E-state index in [1.165, 1.54) is 19.1 Å². The van der Waals surface area contributed by atoms with Crippen LogP contribution in [0, 0.1) is 5.82 Å². The van der Waals surface area contributed by atoms with Crippen molar-refractivity contribution >= 4 is 25.8 Å².